The maximum atomic E-state index is 13.5. The van der Waals surface area contributed by atoms with Gasteiger partial charge in [0.1, 0.15) is 17.6 Å². The molecule has 3 aromatic carbocycles. The molecular formula is C27H25NO4. The van der Waals surface area contributed by atoms with Crippen molar-refractivity contribution in [3.8, 4) is 11.5 Å². The van der Waals surface area contributed by atoms with E-state index in [1.54, 1.807) is 6.08 Å². The maximum Gasteiger partial charge on any atom is 0.417 e. The van der Waals surface area contributed by atoms with E-state index >= 15 is 0 Å². The first-order valence-electron chi connectivity index (χ1n) is 10.6. The average molecular weight is 428 g/mol. The summed E-state index contributed by atoms with van der Waals surface area (Å²) in [6, 6.07) is 25.9. The summed E-state index contributed by atoms with van der Waals surface area (Å²) in [6.45, 7) is 5.63. The number of imide groups is 1. The normalized spacial score (nSPS) is 18.7. The maximum absolute atomic E-state index is 13.5. The number of allylic oxidation sites excluding steroid dienone is 1. The van der Waals surface area contributed by atoms with Crippen molar-refractivity contribution in [2.75, 3.05) is 0 Å². The number of hydrogen-bond donors (Lipinski definition) is 0. The summed E-state index contributed by atoms with van der Waals surface area (Å²) >= 11 is 0. The summed E-state index contributed by atoms with van der Waals surface area (Å²) in [7, 11) is 0. The van der Waals surface area contributed by atoms with Crippen molar-refractivity contribution < 1.29 is 19.1 Å². The van der Waals surface area contributed by atoms with Crippen molar-refractivity contribution in [3.63, 3.8) is 0 Å². The number of ether oxygens (including phenoxy) is 2. The molecule has 0 bridgehead atoms. The summed E-state index contributed by atoms with van der Waals surface area (Å²) in [5.74, 6) is 0.572. The van der Waals surface area contributed by atoms with Crippen LogP contribution < -0.4 is 4.74 Å². The van der Waals surface area contributed by atoms with E-state index in [4.69, 9.17) is 9.47 Å². The number of cyclic esters (lactones) is 1. The van der Waals surface area contributed by atoms with Crippen LogP contribution in [0.2, 0.25) is 0 Å². The van der Waals surface area contributed by atoms with Gasteiger partial charge in [-0.05, 0) is 48.7 Å². The SMILES string of the molecule is C=CCC(C(=O)N1C(=O)O[C@@H](c2ccccc2)[C@H]1C)c1ccc(Oc2ccccc2)cc1. The molecule has 4 rings (SSSR count). The fourth-order valence-electron chi connectivity index (χ4n) is 3.95. The molecule has 1 saturated heterocycles. The summed E-state index contributed by atoms with van der Waals surface area (Å²) in [6.07, 6.45) is 0.996. The quantitative estimate of drug-likeness (QED) is 0.418. The van der Waals surface area contributed by atoms with Gasteiger partial charge in [-0.15, -0.1) is 6.58 Å². The lowest BCUT2D eigenvalue weighted by atomic mass is 9.93. The minimum Gasteiger partial charge on any atom is -0.457 e. The third-order valence-corrected chi connectivity index (χ3v) is 5.60. The molecule has 162 valence electrons. The Morgan fingerprint density at radius 2 is 1.59 bits per heavy atom. The Labute approximate surface area is 187 Å². The van der Waals surface area contributed by atoms with Crippen molar-refractivity contribution in [1.82, 2.24) is 4.90 Å². The van der Waals surface area contributed by atoms with E-state index in [-0.39, 0.29) is 5.91 Å². The molecule has 1 fully saturated rings. The molecule has 2 amide bonds. The molecule has 1 aliphatic rings. The highest BCUT2D eigenvalue weighted by molar-refractivity contribution is 5.97. The molecule has 1 unspecified atom stereocenters. The fourth-order valence-corrected chi connectivity index (χ4v) is 3.95. The zero-order chi connectivity index (χ0) is 22.5. The van der Waals surface area contributed by atoms with Crippen LogP contribution in [0, 0.1) is 0 Å². The highest BCUT2D eigenvalue weighted by Crippen LogP contribution is 2.36. The van der Waals surface area contributed by atoms with Crippen LogP contribution in [-0.2, 0) is 9.53 Å². The van der Waals surface area contributed by atoms with Crippen LogP contribution in [0.1, 0.15) is 36.5 Å². The lowest BCUT2D eigenvalue weighted by molar-refractivity contribution is -0.130. The number of benzene rings is 3. The van der Waals surface area contributed by atoms with Gasteiger partial charge in [-0.2, -0.15) is 0 Å². The summed E-state index contributed by atoms with van der Waals surface area (Å²) in [4.78, 5) is 27.3. The van der Waals surface area contributed by atoms with Crippen LogP contribution in [0.25, 0.3) is 0 Å². The van der Waals surface area contributed by atoms with Crippen molar-refractivity contribution in [3.05, 3.63) is 109 Å². The number of carbonyl (C=O) groups excluding carboxylic acids is 2. The number of hydrogen-bond acceptors (Lipinski definition) is 4. The largest absolute Gasteiger partial charge is 0.457 e. The zero-order valence-electron chi connectivity index (χ0n) is 17.9. The molecule has 5 heteroatoms. The van der Waals surface area contributed by atoms with Gasteiger partial charge in [0.05, 0.1) is 12.0 Å². The molecule has 0 N–H and O–H groups in total. The highest BCUT2D eigenvalue weighted by Gasteiger charge is 2.45. The van der Waals surface area contributed by atoms with Crippen LogP contribution in [0.15, 0.2) is 97.6 Å². The molecule has 5 nitrogen and oxygen atoms in total. The summed E-state index contributed by atoms with van der Waals surface area (Å²) in [5, 5.41) is 0. The van der Waals surface area contributed by atoms with Crippen LogP contribution in [-0.4, -0.2) is 22.9 Å². The average Bonchev–Trinajstić information content (AvgIpc) is 3.13. The first kappa shape index (κ1) is 21.4. The lowest BCUT2D eigenvalue weighted by Gasteiger charge is -2.24. The van der Waals surface area contributed by atoms with Gasteiger partial charge in [0, 0.05) is 0 Å². The van der Waals surface area contributed by atoms with E-state index in [1.807, 2.05) is 91.9 Å². The number of rotatable bonds is 7. The Balaban J connectivity index is 1.53. The number of carbonyl (C=O) groups is 2. The topological polar surface area (TPSA) is 55.8 Å². The zero-order valence-corrected chi connectivity index (χ0v) is 17.9. The molecule has 0 spiro atoms. The second-order valence-corrected chi connectivity index (χ2v) is 7.72. The van der Waals surface area contributed by atoms with Gasteiger partial charge < -0.3 is 9.47 Å². The van der Waals surface area contributed by atoms with Crippen LogP contribution in [0.3, 0.4) is 0 Å². The lowest BCUT2D eigenvalue weighted by Crippen LogP contribution is -2.40. The van der Waals surface area contributed by atoms with Gasteiger partial charge in [-0.25, -0.2) is 9.69 Å². The highest BCUT2D eigenvalue weighted by atomic mass is 16.6. The molecule has 0 aliphatic carbocycles. The Morgan fingerprint density at radius 3 is 2.22 bits per heavy atom. The van der Waals surface area contributed by atoms with Crippen molar-refractivity contribution in [2.45, 2.75) is 31.4 Å². The molecule has 3 atom stereocenters. The Morgan fingerprint density at radius 1 is 1.00 bits per heavy atom. The molecule has 0 radical (unpaired) electrons. The monoisotopic (exact) mass is 427 g/mol. The number of nitrogens with zero attached hydrogens (tertiary/aromatic N) is 1. The Bertz CT molecular complexity index is 1080. The van der Waals surface area contributed by atoms with E-state index in [1.165, 1.54) is 4.90 Å². The van der Waals surface area contributed by atoms with Crippen LogP contribution in [0.5, 0.6) is 11.5 Å². The van der Waals surface area contributed by atoms with Crippen molar-refractivity contribution in [1.29, 1.82) is 0 Å². The predicted octanol–water partition coefficient (Wildman–Crippen LogP) is 6.25. The molecular weight excluding hydrogens is 402 g/mol. The van der Waals surface area contributed by atoms with E-state index in [0.29, 0.717) is 12.2 Å². The van der Waals surface area contributed by atoms with Crippen molar-refractivity contribution >= 4 is 12.0 Å². The second kappa shape index (κ2) is 9.52. The first-order valence-corrected chi connectivity index (χ1v) is 10.6. The molecule has 1 heterocycles. The smallest absolute Gasteiger partial charge is 0.417 e. The second-order valence-electron chi connectivity index (χ2n) is 7.72. The van der Waals surface area contributed by atoms with Gasteiger partial charge in [0.15, 0.2) is 0 Å². The third kappa shape index (κ3) is 4.42. The van der Waals surface area contributed by atoms with E-state index in [9.17, 15) is 9.59 Å². The van der Waals surface area contributed by atoms with Crippen LogP contribution >= 0.6 is 0 Å². The Kier molecular flexibility index (Phi) is 6.36. The van der Waals surface area contributed by atoms with Gasteiger partial charge in [0.25, 0.3) is 0 Å². The summed E-state index contributed by atoms with van der Waals surface area (Å²) < 4.78 is 11.4. The van der Waals surface area contributed by atoms with E-state index in [2.05, 4.69) is 6.58 Å². The van der Waals surface area contributed by atoms with Gasteiger partial charge in [0.2, 0.25) is 5.91 Å². The molecule has 0 aromatic heterocycles. The predicted molar refractivity (Wildman–Crippen MR) is 122 cm³/mol. The van der Waals surface area contributed by atoms with Crippen molar-refractivity contribution in [2.24, 2.45) is 0 Å². The van der Waals surface area contributed by atoms with Crippen LogP contribution in [0.4, 0.5) is 4.79 Å². The van der Waals surface area contributed by atoms with E-state index in [0.717, 1.165) is 16.9 Å². The Hall–Kier alpha value is -3.86. The first-order chi connectivity index (χ1) is 15.6. The molecule has 1 aliphatic heterocycles. The summed E-state index contributed by atoms with van der Waals surface area (Å²) in [5.41, 5.74) is 1.66. The standard InChI is InChI=1S/C27H25NO4/c1-3-10-24(20-15-17-23(18-16-20)31-22-13-8-5-9-14-22)26(29)28-19(2)25(32-27(28)30)21-11-6-4-7-12-21/h3-9,11-19,24-25H,1,10H2,2H3/t19-,24?,25-/m1/s1. The molecule has 0 saturated carbocycles. The minimum atomic E-state index is -0.616. The molecule has 32 heavy (non-hydrogen) atoms. The van der Waals surface area contributed by atoms with Gasteiger partial charge >= 0.3 is 6.09 Å². The third-order valence-electron chi connectivity index (χ3n) is 5.60. The fraction of sp³-hybridized carbons (Fsp3) is 0.185. The number of amides is 2. The van der Waals surface area contributed by atoms with E-state index < -0.39 is 24.2 Å². The van der Waals surface area contributed by atoms with Gasteiger partial charge in [-0.3, -0.25) is 4.79 Å². The molecule has 3 aromatic rings. The number of para-hydroxylation sites is 1. The minimum absolute atomic E-state index is 0.294. The van der Waals surface area contributed by atoms with Gasteiger partial charge in [-0.1, -0.05) is 66.7 Å².